The van der Waals surface area contributed by atoms with E-state index in [0.29, 0.717) is 42.9 Å². The number of aromatic nitrogens is 1. The molecule has 0 aliphatic carbocycles. The number of piperidine rings is 1. The van der Waals surface area contributed by atoms with Gasteiger partial charge in [0.05, 0.1) is 10.5 Å². The van der Waals surface area contributed by atoms with E-state index < -0.39 is 21.8 Å². The van der Waals surface area contributed by atoms with Gasteiger partial charge in [0.15, 0.2) is 0 Å². The molecule has 0 radical (unpaired) electrons. The first kappa shape index (κ1) is 24.0. The summed E-state index contributed by atoms with van der Waals surface area (Å²) in [5.74, 6) is 0.550. The van der Waals surface area contributed by atoms with E-state index in [2.05, 4.69) is 9.88 Å². The van der Waals surface area contributed by atoms with Crippen molar-refractivity contribution in [3.8, 4) is 0 Å². The molecule has 10 heteroatoms. The van der Waals surface area contributed by atoms with Crippen LogP contribution in [-0.2, 0) is 16.2 Å². The highest BCUT2D eigenvalue weighted by Gasteiger charge is 2.34. The molecule has 5 rings (SSSR count). The van der Waals surface area contributed by atoms with Crippen LogP contribution in [0.25, 0.3) is 10.8 Å². The number of hydrogen-bond donors (Lipinski definition) is 0. The molecule has 2 aromatic carbocycles. The summed E-state index contributed by atoms with van der Waals surface area (Å²) in [5, 5.41) is 1.92. The minimum atomic E-state index is -4.39. The lowest BCUT2D eigenvalue weighted by Crippen LogP contribution is -2.53. The van der Waals surface area contributed by atoms with Gasteiger partial charge in [-0.05, 0) is 47.9 Å². The van der Waals surface area contributed by atoms with Gasteiger partial charge in [-0.25, -0.2) is 13.4 Å². The minimum absolute atomic E-state index is 0.292. The van der Waals surface area contributed by atoms with Crippen LogP contribution in [0.4, 0.5) is 19.0 Å². The van der Waals surface area contributed by atoms with Crippen molar-refractivity contribution in [3.05, 3.63) is 66.4 Å². The van der Waals surface area contributed by atoms with Crippen LogP contribution < -0.4 is 4.90 Å². The molecule has 186 valence electrons. The normalized spacial score (nSPS) is 19.3. The molecule has 2 fully saturated rings. The molecule has 0 spiro atoms. The summed E-state index contributed by atoms with van der Waals surface area (Å²) >= 11 is 0. The Morgan fingerprint density at radius 3 is 2.14 bits per heavy atom. The lowest BCUT2D eigenvalue weighted by atomic mass is 10.0. The summed E-state index contributed by atoms with van der Waals surface area (Å²) in [6.07, 6.45) is -2.00. The summed E-state index contributed by atoms with van der Waals surface area (Å²) in [4.78, 5) is 8.69. The van der Waals surface area contributed by atoms with E-state index in [1.54, 1.807) is 16.4 Å². The lowest BCUT2D eigenvalue weighted by molar-refractivity contribution is -0.137. The topological polar surface area (TPSA) is 56.8 Å². The van der Waals surface area contributed by atoms with Gasteiger partial charge in [0, 0.05) is 51.5 Å². The van der Waals surface area contributed by atoms with Gasteiger partial charge in [-0.1, -0.05) is 30.3 Å². The fraction of sp³-hybridized carbons (Fsp3) is 0.400. The Labute approximate surface area is 203 Å². The summed E-state index contributed by atoms with van der Waals surface area (Å²) in [5.41, 5.74) is -0.745. The van der Waals surface area contributed by atoms with Gasteiger partial charge >= 0.3 is 6.18 Å². The molecule has 1 aromatic heterocycles. The third-order valence-corrected chi connectivity index (χ3v) is 8.91. The van der Waals surface area contributed by atoms with Gasteiger partial charge in [0.25, 0.3) is 0 Å². The van der Waals surface area contributed by atoms with Crippen molar-refractivity contribution in [2.75, 3.05) is 44.2 Å². The van der Waals surface area contributed by atoms with Gasteiger partial charge in [0.2, 0.25) is 10.0 Å². The first-order valence-electron chi connectivity index (χ1n) is 11.7. The average molecular weight is 505 g/mol. The predicted octanol–water partition coefficient (Wildman–Crippen LogP) is 4.23. The molecule has 0 unspecified atom stereocenters. The van der Waals surface area contributed by atoms with Crippen LogP contribution in [0.1, 0.15) is 18.4 Å². The highest BCUT2D eigenvalue weighted by Crippen LogP contribution is 2.30. The van der Waals surface area contributed by atoms with Crippen LogP contribution >= 0.6 is 0 Å². The molecule has 0 N–H and O–H groups in total. The van der Waals surface area contributed by atoms with Crippen molar-refractivity contribution >= 4 is 26.6 Å². The zero-order chi connectivity index (χ0) is 24.6. The number of pyridine rings is 1. The summed E-state index contributed by atoms with van der Waals surface area (Å²) in [6.45, 7) is 3.83. The summed E-state index contributed by atoms with van der Waals surface area (Å²) in [6, 6.07) is 15.8. The van der Waals surface area contributed by atoms with Gasteiger partial charge in [-0.2, -0.15) is 17.5 Å². The molecule has 3 aromatic rings. The SMILES string of the molecule is O=S(=O)(c1ccc2ccccc2c1)N1CCC(N2CCN(c3ccc(C(F)(F)F)cn3)CC2)CC1. The van der Waals surface area contributed by atoms with Crippen LogP contribution in [0, 0.1) is 0 Å². The maximum Gasteiger partial charge on any atom is 0.417 e. The molecular weight excluding hydrogens is 477 g/mol. The van der Waals surface area contributed by atoms with Crippen molar-refractivity contribution in [3.63, 3.8) is 0 Å². The molecule has 2 aliphatic rings. The average Bonchev–Trinajstić information content (AvgIpc) is 2.88. The van der Waals surface area contributed by atoms with Crippen molar-refractivity contribution in [1.82, 2.24) is 14.2 Å². The molecule has 0 bridgehead atoms. The zero-order valence-electron chi connectivity index (χ0n) is 19.2. The van der Waals surface area contributed by atoms with Crippen LogP contribution in [-0.4, -0.2) is 67.9 Å². The first-order chi connectivity index (χ1) is 16.7. The van der Waals surface area contributed by atoms with Gasteiger partial charge in [-0.15, -0.1) is 0 Å². The Morgan fingerprint density at radius 2 is 1.51 bits per heavy atom. The minimum Gasteiger partial charge on any atom is -0.354 e. The third kappa shape index (κ3) is 5.00. The Balaban J connectivity index is 1.16. The van der Waals surface area contributed by atoms with Crippen molar-refractivity contribution < 1.29 is 21.6 Å². The molecular formula is C25H27F3N4O2S. The number of rotatable bonds is 4. The maximum absolute atomic E-state index is 13.2. The fourth-order valence-corrected chi connectivity index (χ4v) is 6.49. The summed E-state index contributed by atoms with van der Waals surface area (Å²) < 4.78 is 66.4. The Morgan fingerprint density at radius 1 is 0.829 bits per heavy atom. The monoisotopic (exact) mass is 504 g/mol. The van der Waals surface area contributed by atoms with Gasteiger partial charge < -0.3 is 4.90 Å². The molecule has 3 heterocycles. The largest absolute Gasteiger partial charge is 0.417 e. The van der Waals surface area contributed by atoms with E-state index in [9.17, 15) is 21.6 Å². The number of alkyl halides is 3. The number of nitrogens with zero attached hydrogens (tertiary/aromatic N) is 4. The van der Waals surface area contributed by atoms with Gasteiger partial charge in [-0.3, -0.25) is 4.90 Å². The number of halogens is 3. The molecule has 35 heavy (non-hydrogen) atoms. The Kier molecular flexibility index (Phi) is 6.45. The molecule has 0 amide bonds. The van der Waals surface area contributed by atoms with Crippen LogP contribution in [0.2, 0.25) is 0 Å². The van der Waals surface area contributed by atoms with Crippen LogP contribution in [0.5, 0.6) is 0 Å². The number of anilines is 1. The maximum atomic E-state index is 13.2. The van der Waals surface area contributed by atoms with Crippen molar-refractivity contribution in [2.45, 2.75) is 30.0 Å². The second-order valence-corrected chi connectivity index (χ2v) is 11.0. The smallest absolute Gasteiger partial charge is 0.354 e. The van der Waals surface area contributed by atoms with Crippen LogP contribution in [0.3, 0.4) is 0 Å². The third-order valence-electron chi connectivity index (χ3n) is 7.01. The standard InChI is InChI=1S/C25H27F3N4O2S/c26-25(27,28)21-6-8-24(29-18-21)31-15-13-30(14-16-31)22-9-11-32(12-10-22)35(33,34)23-7-5-19-3-1-2-4-20(19)17-23/h1-8,17-18,22H,9-16H2. The number of piperazine rings is 1. The van der Waals surface area contributed by atoms with E-state index in [4.69, 9.17) is 0 Å². The number of benzene rings is 2. The van der Waals surface area contributed by atoms with Crippen molar-refractivity contribution in [1.29, 1.82) is 0 Å². The second-order valence-electron chi connectivity index (χ2n) is 9.07. The van der Waals surface area contributed by atoms with Gasteiger partial charge in [0.1, 0.15) is 5.82 Å². The summed E-state index contributed by atoms with van der Waals surface area (Å²) in [7, 11) is -3.55. The second kappa shape index (κ2) is 9.40. The molecule has 0 saturated carbocycles. The lowest BCUT2D eigenvalue weighted by Gasteiger charge is -2.42. The Hall–Kier alpha value is -2.69. The highest BCUT2D eigenvalue weighted by molar-refractivity contribution is 7.89. The first-order valence-corrected chi connectivity index (χ1v) is 13.2. The van der Waals surface area contributed by atoms with Crippen molar-refractivity contribution in [2.24, 2.45) is 0 Å². The van der Waals surface area contributed by atoms with E-state index in [1.807, 2.05) is 35.2 Å². The molecule has 6 nitrogen and oxygen atoms in total. The van der Waals surface area contributed by atoms with E-state index in [-0.39, 0.29) is 0 Å². The van der Waals surface area contributed by atoms with E-state index >= 15 is 0 Å². The predicted molar refractivity (Wildman–Crippen MR) is 129 cm³/mol. The highest BCUT2D eigenvalue weighted by atomic mass is 32.2. The Bertz CT molecular complexity index is 1280. The quantitative estimate of drug-likeness (QED) is 0.532. The fourth-order valence-electron chi connectivity index (χ4n) is 4.98. The number of fused-ring (bicyclic) bond motifs is 1. The zero-order valence-corrected chi connectivity index (χ0v) is 20.0. The molecule has 2 aliphatic heterocycles. The molecule has 0 atom stereocenters. The van der Waals surface area contributed by atoms with E-state index in [0.717, 1.165) is 49.0 Å². The molecule has 2 saturated heterocycles. The van der Waals surface area contributed by atoms with E-state index in [1.165, 1.54) is 6.07 Å². The van der Waals surface area contributed by atoms with Crippen LogP contribution in [0.15, 0.2) is 65.7 Å². The number of hydrogen-bond acceptors (Lipinski definition) is 5. The number of sulfonamides is 1.